The zero-order chi connectivity index (χ0) is 36.3. The molecule has 52 heavy (non-hydrogen) atoms. The molecular formula is C46H47IrN2O3-. The second-order valence-electron chi connectivity index (χ2n) is 14.1. The standard InChI is InChI=1S/C31H19N2O.C15H28O2.Ir/c1-19-7-5-10-24-22(19)15-16-26-29(24)32-18-33-30(26)27-12-6-11-25-23-14-13-21(17-28(23)34-31(25)27)20-8-3-2-4-9-20;1-7-14(5,8-2)12(16)11-13(17)15(6,9-3)10-4;/h2-11,13-18H,1H3;11,16H,7-10H2,1-6H3;/q-1;;/b;12-11-;. The summed E-state index contributed by atoms with van der Waals surface area (Å²) in [5.41, 5.74) is 7.22. The van der Waals surface area contributed by atoms with E-state index in [1.807, 2.05) is 53.7 Å². The number of furan rings is 1. The van der Waals surface area contributed by atoms with Gasteiger partial charge in [-0.25, -0.2) is 4.98 Å². The average molecular weight is 868 g/mol. The second kappa shape index (κ2) is 15.9. The van der Waals surface area contributed by atoms with Crippen LogP contribution in [0.5, 0.6) is 0 Å². The molecule has 0 saturated heterocycles. The van der Waals surface area contributed by atoms with Crippen molar-refractivity contribution in [3.8, 4) is 22.4 Å². The van der Waals surface area contributed by atoms with Crippen LogP contribution in [0.4, 0.5) is 0 Å². The number of carbonyl (C=O) groups is 1. The van der Waals surface area contributed by atoms with Gasteiger partial charge in [0.1, 0.15) is 17.7 Å². The molecule has 5 aromatic carbocycles. The Balaban J connectivity index is 0.000000250. The van der Waals surface area contributed by atoms with Gasteiger partial charge >= 0.3 is 0 Å². The minimum absolute atomic E-state index is 0. The zero-order valence-corrected chi connectivity index (χ0v) is 33.5. The number of fused-ring (bicyclic) bond motifs is 6. The normalized spacial score (nSPS) is 12.2. The molecule has 2 heterocycles. The van der Waals surface area contributed by atoms with Crippen molar-refractivity contribution in [2.24, 2.45) is 10.8 Å². The van der Waals surface area contributed by atoms with Gasteiger partial charge in [0.15, 0.2) is 5.78 Å². The first-order valence-electron chi connectivity index (χ1n) is 18.1. The molecule has 0 fully saturated rings. The molecule has 0 saturated carbocycles. The summed E-state index contributed by atoms with van der Waals surface area (Å²) in [4.78, 5) is 21.5. The van der Waals surface area contributed by atoms with Crippen LogP contribution in [0.15, 0.2) is 114 Å². The molecule has 0 amide bonds. The maximum Gasteiger partial charge on any atom is 0.164 e. The Morgan fingerprint density at radius 1 is 0.750 bits per heavy atom. The summed E-state index contributed by atoms with van der Waals surface area (Å²) in [6.45, 7) is 14.2. The number of aromatic nitrogens is 2. The Morgan fingerprint density at radius 3 is 2.12 bits per heavy atom. The number of carbonyl (C=O) groups excluding carboxylic acids is 1. The van der Waals surface area contributed by atoms with E-state index < -0.39 is 0 Å². The summed E-state index contributed by atoms with van der Waals surface area (Å²) >= 11 is 0. The van der Waals surface area contributed by atoms with Crippen molar-refractivity contribution in [2.75, 3.05) is 0 Å². The summed E-state index contributed by atoms with van der Waals surface area (Å²) in [5.74, 6) is 0.286. The van der Waals surface area contributed by atoms with Gasteiger partial charge in [-0.05, 0) is 66.1 Å². The fourth-order valence-corrected chi connectivity index (χ4v) is 6.65. The van der Waals surface area contributed by atoms with Crippen molar-refractivity contribution >= 4 is 49.4 Å². The van der Waals surface area contributed by atoms with Crippen molar-refractivity contribution in [3.63, 3.8) is 0 Å². The van der Waals surface area contributed by atoms with Gasteiger partial charge in [0, 0.05) is 53.5 Å². The molecule has 1 N–H and O–H groups in total. The summed E-state index contributed by atoms with van der Waals surface area (Å²) in [7, 11) is 0. The van der Waals surface area contributed by atoms with Crippen LogP contribution in [0.3, 0.4) is 0 Å². The number of benzene rings is 5. The molecule has 7 aromatic rings. The van der Waals surface area contributed by atoms with Gasteiger partial charge in [-0.15, -0.1) is 18.2 Å². The van der Waals surface area contributed by atoms with Gasteiger partial charge in [-0.2, -0.15) is 0 Å². The van der Waals surface area contributed by atoms with Crippen LogP contribution in [-0.4, -0.2) is 20.9 Å². The molecule has 7 rings (SSSR count). The number of aryl methyl sites for hydroxylation is 1. The third-order valence-electron chi connectivity index (χ3n) is 11.3. The summed E-state index contributed by atoms with van der Waals surface area (Å²) in [6, 6.07) is 34.8. The fraction of sp³-hybridized carbons (Fsp3) is 0.283. The fourth-order valence-electron chi connectivity index (χ4n) is 6.65. The molecule has 0 atom stereocenters. The molecule has 6 heteroatoms. The first-order chi connectivity index (χ1) is 24.6. The first kappa shape index (κ1) is 38.6. The van der Waals surface area contributed by atoms with Gasteiger partial charge in [-0.1, -0.05) is 125 Å². The van der Waals surface area contributed by atoms with Crippen molar-refractivity contribution < 1.29 is 34.4 Å². The number of hydrogen-bond acceptors (Lipinski definition) is 5. The van der Waals surface area contributed by atoms with E-state index in [1.165, 1.54) is 22.6 Å². The third kappa shape index (κ3) is 7.20. The molecule has 0 aliphatic heterocycles. The Bertz CT molecular complexity index is 2380. The number of aliphatic hydroxyl groups excluding tert-OH is 1. The van der Waals surface area contributed by atoms with E-state index in [4.69, 9.17) is 4.42 Å². The van der Waals surface area contributed by atoms with Crippen molar-refractivity contribution in [3.05, 3.63) is 121 Å². The molecule has 0 spiro atoms. The number of rotatable bonds is 9. The van der Waals surface area contributed by atoms with Gasteiger partial charge in [0.25, 0.3) is 0 Å². The topological polar surface area (TPSA) is 76.2 Å². The van der Waals surface area contributed by atoms with Gasteiger partial charge in [0.2, 0.25) is 0 Å². The van der Waals surface area contributed by atoms with E-state index in [9.17, 15) is 9.90 Å². The first-order valence-corrected chi connectivity index (χ1v) is 18.1. The predicted octanol–water partition coefficient (Wildman–Crippen LogP) is 12.8. The molecule has 0 aliphatic carbocycles. The summed E-state index contributed by atoms with van der Waals surface area (Å²) in [5, 5.41) is 15.6. The largest absolute Gasteiger partial charge is 0.512 e. The molecule has 0 unspecified atom stereocenters. The molecule has 269 valence electrons. The molecule has 0 bridgehead atoms. The smallest absolute Gasteiger partial charge is 0.164 e. The minimum Gasteiger partial charge on any atom is -0.512 e. The van der Waals surface area contributed by atoms with Gasteiger partial charge < -0.3 is 9.52 Å². The Labute approximate surface area is 320 Å². The van der Waals surface area contributed by atoms with Crippen LogP contribution in [0.25, 0.3) is 66.0 Å². The maximum atomic E-state index is 12.2. The summed E-state index contributed by atoms with van der Waals surface area (Å²) < 4.78 is 6.46. The van der Waals surface area contributed by atoms with Crippen molar-refractivity contribution in [1.29, 1.82) is 0 Å². The SMILES string of the molecule is CCC(C)(CC)C(=O)/C=C(\O)C(C)(CC)CC.Cc1cccc2c1ccc1c(-c3[c-]ccc4c3oc3cc(-c5ccccc5)ccc34)ncnc12.[Ir]. The van der Waals surface area contributed by atoms with Gasteiger partial charge in [0.05, 0.1) is 11.1 Å². The Kier molecular flexibility index (Phi) is 11.8. The Hall–Kier alpha value is -4.64. The number of allylic oxidation sites excluding steroid dienone is 2. The van der Waals surface area contributed by atoms with Crippen LogP contribution >= 0.6 is 0 Å². The Morgan fingerprint density at radius 2 is 1.42 bits per heavy atom. The average Bonchev–Trinajstić information content (AvgIpc) is 3.56. The molecular weight excluding hydrogens is 821 g/mol. The van der Waals surface area contributed by atoms with Gasteiger partial charge in [-0.3, -0.25) is 9.78 Å². The van der Waals surface area contributed by atoms with E-state index >= 15 is 0 Å². The molecule has 1 radical (unpaired) electrons. The maximum absolute atomic E-state index is 12.2. The molecule has 2 aromatic heterocycles. The zero-order valence-electron chi connectivity index (χ0n) is 31.1. The van der Waals surface area contributed by atoms with E-state index in [-0.39, 0.29) is 42.5 Å². The number of nitrogens with zero attached hydrogens (tertiary/aromatic N) is 2. The van der Waals surface area contributed by atoms with Crippen molar-refractivity contribution in [1.82, 2.24) is 9.97 Å². The quantitative estimate of drug-likeness (QED) is 0.0677. The van der Waals surface area contributed by atoms with Crippen LogP contribution in [0.2, 0.25) is 0 Å². The predicted molar refractivity (Wildman–Crippen MR) is 212 cm³/mol. The third-order valence-corrected chi connectivity index (χ3v) is 11.3. The molecule has 0 aliphatic rings. The van der Waals surface area contributed by atoms with Crippen LogP contribution in [0, 0.1) is 23.8 Å². The van der Waals surface area contributed by atoms with Crippen LogP contribution < -0.4 is 0 Å². The minimum atomic E-state index is -0.337. The molecule has 5 nitrogen and oxygen atoms in total. The number of aliphatic hydroxyl groups is 1. The van der Waals surface area contributed by atoms with Crippen molar-refractivity contribution in [2.45, 2.75) is 74.1 Å². The second-order valence-corrected chi connectivity index (χ2v) is 14.1. The number of ketones is 1. The summed E-state index contributed by atoms with van der Waals surface area (Å²) in [6.07, 6.45) is 6.40. The van der Waals surface area contributed by atoms with E-state index in [1.54, 1.807) is 6.33 Å². The van der Waals surface area contributed by atoms with E-state index in [0.29, 0.717) is 0 Å². The monoisotopic (exact) mass is 868 g/mol. The number of hydrogen-bond donors (Lipinski definition) is 1. The van der Waals surface area contributed by atoms with E-state index in [0.717, 1.165) is 80.7 Å². The van der Waals surface area contributed by atoms with Crippen LogP contribution in [-0.2, 0) is 24.9 Å². The van der Waals surface area contributed by atoms with Crippen LogP contribution in [0.1, 0.15) is 72.8 Å². The van der Waals surface area contributed by atoms with E-state index in [2.05, 4.69) is 102 Å².